The maximum absolute atomic E-state index is 11.7. The molecule has 1 aliphatic rings. The van der Waals surface area contributed by atoms with Crippen LogP contribution in [0.15, 0.2) is 12.7 Å². The van der Waals surface area contributed by atoms with E-state index in [-0.39, 0.29) is 17.0 Å². The van der Waals surface area contributed by atoms with Crippen molar-refractivity contribution < 1.29 is 34.8 Å². The molecule has 0 radical (unpaired) electrons. The van der Waals surface area contributed by atoms with Crippen molar-refractivity contribution in [2.45, 2.75) is 24.5 Å². The van der Waals surface area contributed by atoms with Crippen LogP contribution in [0.25, 0.3) is 11.2 Å². The second kappa shape index (κ2) is 7.17. The first-order chi connectivity index (χ1) is 12.4. The lowest BCUT2D eigenvalue weighted by atomic mass is 10.1. The average molecular weight is 368 g/mol. The number of hydrogen-bond acceptors (Lipinski definition) is 9. The zero-order valence-corrected chi connectivity index (χ0v) is 13.2. The molecule has 3 rings (SSSR count). The molecular weight excluding hydrogens is 352 g/mol. The third-order valence-corrected chi connectivity index (χ3v) is 3.78. The zero-order valence-electron chi connectivity index (χ0n) is 13.2. The standard InChI is InChI=1S/C13H16N6O7/c20-2-5-8(23)9(24)12(26-5)19-4-17-7-10(15-3-16-11(7)19)18-13(25)14-1-6(21)22/h3-5,8-9,12,20,23-24H,1-2H2,(H,21,22)(H2,14,15,16,18,25)/t5-,8?,9+,12-/m1/s1. The Balaban J connectivity index is 1.85. The molecule has 1 aliphatic heterocycles. The highest BCUT2D eigenvalue weighted by Gasteiger charge is 2.44. The summed E-state index contributed by atoms with van der Waals surface area (Å²) in [5, 5.41) is 42.2. The molecule has 0 spiro atoms. The summed E-state index contributed by atoms with van der Waals surface area (Å²) in [5.74, 6) is -1.19. The first kappa shape index (κ1) is 17.9. The number of ether oxygens (including phenoxy) is 1. The fourth-order valence-corrected chi connectivity index (χ4v) is 2.55. The normalized spacial score (nSPS) is 25.3. The van der Waals surface area contributed by atoms with E-state index in [2.05, 4.69) is 25.6 Å². The minimum atomic E-state index is -1.32. The van der Waals surface area contributed by atoms with Crippen molar-refractivity contribution in [3.63, 3.8) is 0 Å². The van der Waals surface area contributed by atoms with Crippen LogP contribution in [0.5, 0.6) is 0 Å². The molecule has 1 fully saturated rings. The summed E-state index contributed by atoms with van der Waals surface area (Å²) in [5.41, 5.74) is 0.360. The molecule has 2 amide bonds. The quantitative estimate of drug-likeness (QED) is 0.333. The van der Waals surface area contributed by atoms with Crippen LogP contribution in [0.2, 0.25) is 0 Å². The van der Waals surface area contributed by atoms with Gasteiger partial charge in [0.05, 0.1) is 12.9 Å². The number of aliphatic hydroxyl groups excluding tert-OH is 3. The first-order valence-corrected chi connectivity index (χ1v) is 7.49. The van der Waals surface area contributed by atoms with Crippen molar-refractivity contribution >= 4 is 29.0 Å². The Kier molecular flexibility index (Phi) is 4.94. The molecule has 0 bridgehead atoms. The van der Waals surface area contributed by atoms with Gasteiger partial charge in [-0.25, -0.2) is 19.7 Å². The maximum Gasteiger partial charge on any atom is 0.323 e. The minimum Gasteiger partial charge on any atom is -0.480 e. The van der Waals surface area contributed by atoms with Crippen molar-refractivity contribution in [2.24, 2.45) is 0 Å². The van der Waals surface area contributed by atoms with E-state index in [0.717, 1.165) is 6.33 Å². The Morgan fingerprint density at radius 2 is 2.00 bits per heavy atom. The monoisotopic (exact) mass is 368 g/mol. The number of carbonyl (C=O) groups excluding carboxylic acids is 1. The van der Waals surface area contributed by atoms with Crippen LogP contribution in [0.4, 0.5) is 10.6 Å². The van der Waals surface area contributed by atoms with E-state index >= 15 is 0 Å². The van der Waals surface area contributed by atoms with E-state index in [1.165, 1.54) is 10.9 Å². The molecule has 13 heteroatoms. The highest BCUT2D eigenvalue weighted by atomic mass is 16.6. The molecule has 3 heterocycles. The second-order valence-corrected chi connectivity index (χ2v) is 5.48. The van der Waals surface area contributed by atoms with Gasteiger partial charge >= 0.3 is 12.0 Å². The van der Waals surface area contributed by atoms with Crippen LogP contribution >= 0.6 is 0 Å². The van der Waals surface area contributed by atoms with Crippen molar-refractivity contribution in [1.82, 2.24) is 24.8 Å². The van der Waals surface area contributed by atoms with Gasteiger partial charge in [-0.15, -0.1) is 0 Å². The van der Waals surface area contributed by atoms with Gasteiger partial charge < -0.3 is 30.5 Å². The van der Waals surface area contributed by atoms with Crippen molar-refractivity contribution in [2.75, 3.05) is 18.5 Å². The molecule has 140 valence electrons. The number of aliphatic carboxylic acids is 1. The lowest BCUT2D eigenvalue weighted by molar-refractivity contribution is -0.135. The number of fused-ring (bicyclic) bond motifs is 1. The van der Waals surface area contributed by atoms with Crippen molar-refractivity contribution in [1.29, 1.82) is 0 Å². The molecular formula is C13H16N6O7. The van der Waals surface area contributed by atoms with Crippen LogP contribution in [-0.2, 0) is 9.53 Å². The fraction of sp³-hybridized carbons (Fsp3) is 0.462. The average Bonchev–Trinajstić information content (AvgIpc) is 3.16. The molecule has 2 aromatic rings. The molecule has 13 nitrogen and oxygen atoms in total. The van der Waals surface area contributed by atoms with Crippen LogP contribution < -0.4 is 10.6 Å². The fourth-order valence-electron chi connectivity index (χ4n) is 2.55. The maximum atomic E-state index is 11.7. The highest BCUT2D eigenvalue weighted by Crippen LogP contribution is 2.31. The van der Waals surface area contributed by atoms with Gasteiger partial charge in [0.15, 0.2) is 23.2 Å². The van der Waals surface area contributed by atoms with Crippen molar-refractivity contribution in [3.05, 3.63) is 12.7 Å². The van der Waals surface area contributed by atoms with Crippen LogP contribution in [0.3, 0.4) is 0 Å². The third kappa shape index (κ3) is 3.28. The smallest absolute Gasteiger partial charge is 0.323 e. The van der Waals surface area contributed by atoms with Crippen LogP contribution in [0, 0.1) is 0 Å². The predicted molar refractivity (Wildman–Crippen MR) is 83.0 cm³/mol. The molecule has 0 aliphatic carbocycles. The van der Waals surface area contributed by atoms with E-state index in [1.807, 2.05) is 0 Å². The van der Waals surface area contributed by atoms with Gasteiger partial charge in [0.25, 0.3) is 0 Å². The molecule has 1 saturated heterocycles. The number of urea groups is 1. The number of imidazole rings is 1. The molecule has 0 aromatic carbocycles. The number of aliphatic hydroxyl groups is 3. The zero-order chi connectivity index (χ0) is 18.8. The Labute approximate surface area is 145 Å². The SMILES string of the molecule is O=C(O)CNC(=O)Nc1ncnc2c1ncn2[C@@H]1O[C@H](CO)C(O)[C@@H]1O. The molecule has 0 saturated carbocycles. The molecule has 2 aromatic heterocycles. The van der Waals surface area contributed by atoms with Crippen LogP contribution in [-0.4, -0.2) is 83.4 Å². The topological polar surface area (TPSA) is 192 Å². The number of nitrogens with one attached hydrogen (secondary N) is 2. The molecule has 26 heavy (non-hydrogen) atoms. The second-order valence-electron chi connectivity index (χ2n) is 5.48. The van der Waals surface area contributed by atoms with Gasteiger partial charge in [0, 0.05) is 0 Å². The van der Waals surface area contributed by atoms with Gasteiger partial charge in [-0.2, -0.15) is 0 Å². The number of anilines is 1. The van der Waals surface area contributed by atoms with Gasteiger partial charge in [-0.1, -0.05) is 0 Å². The van der Waals surface area contributed by atoms with E-state index in [1.54, 1.807) is 0 Å². The number of hydrogen-bond donors (Lipinski definition) is 6. The van der Waals surface area contributed by atoms with Gasteiger partial charge in [0.2, 0.25) is 0 Å². The first-order valence-electron chi connectivity index (χ1n) is 7.49. The molecule has 6 N–H and O–H groups in total. The third-order valence-electron chi connectivity index (χ3n) is 3.78. The number of carboxylic acids is 1. The number of rotatable bonds is 5. The Morgan fingerprint density at radius 3 is 2.65 bits per heavy atom. The predicted octanol–water partition coefficient (Wildman–Crippen LogP) is -2.36. The highest BCUT2D eigenvalue weighted by molar-refractivity contribution is 5.96. The number of amides is 2. The molecule has 1 unspecified atom stereocenters. The summed E-state index contributed by atoms with van der Waals surface area (Å²) in [6, 6.07) is -0.796. The summed E-state index contributed by atoms with van der Waals surface area (Å²) in [7, 11) is 0. The van der Waals surface area contributed by atoms with Crippen molar-refractivity contribution in [3.8, 4) is 0 Å². The summed E-state index contributed by atoms with van der Waals surface area (Å²) >= 11 is 0. The number of aromatic nitrogens is 4. The van der Waals surface area contributed by atoms with Gasteiger partial charge in [-0.3, -0.25) is 14.7 Å². The number of nitrogens with zero attached hydrogens (tertiary/aromatic N) is 4. The van der Waals surface area contributed by atoms with E-state index in [4.69, 9.17) is 9.84 Å². The number of carbonyl (C=O) groups is 2. The Hall–Kier alpha value is -2.87. The molecule has 4 atom stereocenters. The summed E-state index contributed by atoms with van der Waals surface area (Å²) in [6.07, 6.45) is -2.21. The Morgan fingerprint density at radius 1 is 1.23 bits per heavy atom. The lowest BCUT2D eigenvalue weighted by Crippen LogP contribution is -2.33. The number of carboxylic acid groups (broad SMARTS) is 1. The minimum absolute atomic E-state index is 0.0170. The van der Waals surface area contributed by atoms with E-state index in [0.29, 0.717) is 0 Å². The van der Waals surface area contributed by atoms with E-state index in [9.17, 15) is 24.9 Å². The van der Waals surface area contributed by atoms with Gasteiger partial charge in [0.1, 0.15) is 31.2 Å². The van der Waals surface area contributed by atoms with Gasteiger partial charge in [-0.05, 0) is 0 Å². The van der Waals surface area contributed by atoms with Crippen LogP contribution in [0.1, 0.15) is 6.23 Å². The Bertz CT molecular complexity index is 826. The van der Waals surface area contributed by atoms with E-state index < -0.39 is 49.7 Å². The summed E-state index contributed by atoms with van der Waals surface area (Å²) in [4.78, 5) is 34.1. The summed E-state index contributed by atoms with van der Waals surface area (Å²) in [6.45, 7) is -1.05. The summed E-state index contributed by atoms with van der Waals surface area (Å²) < 4.78 is 6.76. The largest absolute Gasteiger partial charge is 0.480 e. The lowest BCUT2D eigenvalue weighted by Gasteiger charge is -2.16.